The number of thiophene rings is 1. The summed E-state index contributed by atoms with van der Waals surface area (Å²) in [5.41, 5.74) is 1.50. The zero-order valence-corrected chi connectivity index (χ0v) is 14.7. The molecule has 2 amide bonds. The van der Waals surface area contributed by atoms with E-state index in [1.54, 1.807) is 35.6 Å². The number of aliphatic hydroxyl groups is 1. The molecule has 2 aromatic carbocycles. The molecule has 130 valence electrons. The molecule has 1 heterocycles. The van der Waals surface area contributed by atoms with Crippen LogP contribution in [0.4, 0.5) is 10.5 Å². The summed E-state index contributed by atoms with van der Waals surface area (Å²) in [6, 6.07) is 14.7. The van der Waals surface area contributed by atoms with Crippen LogP contribution in [-0.2, 0) is 0 Å². The van der Waals surface area contributed by atoms with Gasteiger partial charge in [0.2, 0.25) is 0 Å². The van der Waals surface area contributed by atoms with Crippen LogP contribution in [0.3, 0.4) is 0 Å². The van der Waals surface area contributed by atoms with Crippen LogP contribution in [0.25, 0.3) is 10.1 Å². The van der Waals surface area contributed by atoms with Crippen molar-refractivity contribution in [3.05, 3.63) is 59.5 Å². The van der Waals surface area contributed by atoms with Crippen molar-refractivity contribution >= 4 is 33.1 Å². The Labute approximate surface area is 150 Å². The lowest BCUT2D eigenvalue weighted by Crippen LogP contribution is -2.32. The molecule has 0 spiro atoms. The van der Waals surface area contributed by atoms with Gasteiger partial charge in [0.25, 0.3) is 0 Å². The van der Waals surface area contributed by atoms with Crippen molar-refractivity contribution in [2.45, 2.75) is 13.0 Å². The fourth-order valence-corrected chi connectivity index (χ4v) is 3.54. The van der Waals surface area contributed by atoms with Crippen LogP contribution in [0.15, 0.2) is 53.9 Å². The van der Waals surface area contributed by atoms with Crippen LogP contribution in [0.5, 0.6) is 5.75 Å². The summed E-state index contributed by atoms with van der Waals surface area (Å²) < 4.78 is 6.48. The Kier molecular flexibility index (Phi) is 5.53. The molecule has 1 aromatic heterocycles. The lowest BCUT2D eigenvalue weighted by molar-refractivity contribution is 0.177. The molecule has 0 radical (unpaired) electrons. The zero-order chi connectivity index (χ0) is 17.6. The lowest BCUT2D eigenvalue weighted by atomic mass is 10.1. The Bertz CT molecular complexity index is 845. The molecular weight excluding hydrogens is 336 g/mol. The van der Waals surface area contributed by atoms with E-state index in [4.69, 9.17) is 4.74 Å². The van der Waals surface area contributed by atoms with Gasteiger partial charge in [-0.3, -0.25) is 0 Å². The van der Waals surface area contributed by atoms with E-state index < -0.39 is 6.10 Å². The smallest absolute Gasteiger partial charge is 0.319 e. The first-order chi connectivity index (χ1) is 12.2. The summed E-state index contributed by atoms with van der Waals surface area (Å²) >= 11 is 1.58. The molecule has 0 aliphatic heterocycles. The first-order valence-corrected chi connectivity index (χ1v) is 8.97. The molecule has 0 aliphatic carbocycles. The summed E-state index contributed by atoms with van der Waals surface area (Å²) in [5.74, 6) is 0.758. The molecule has 5 nitrogen and oxygen atoms in total. The van der Waals surface area contributed by atoms with Crippen molar-refractivity contribution in [1.29, 1.82) is 0 Å². The molecule has 1 atom stereocenters. The van der Waals surface area contributed by atoms with Gasteiger partial charge >= 0.3 is 6.03 Å². The van der Waals surface area contributed by atoms with Gasteiger partial charge in [-0.1, -0.05) is 18.2 Å². The maximum atomic E-state index is 12.0. The van der Waals surface area contributed by atoms with Crippen molar-refractivity contribution in [3.63, 3.8) is 0 Å². The van der Waals surface area contributed by atoms with Crippen molar-refractivity contribution in [3.8, 4) is 5.75 Å². The number of carbonyl (C=O) groups is 1. The highest BCUT2D eigenvalue weighted by Crippen LogP contribution is 2.29. The Morgan fingerprint density at radius 3 is 2.72 bits per heavy atom. The van der Waals surface area contributed by atoms with Crippen LogP contribution >= 0.6 is 11.3 Å². The molecular formula is C19H20N2O3S. The third-order valence-electron chi connectivity index (χ3n) is 3.75. The maximum absolute atomic E-state index is 12.0. The average Bonchev–Trinajstić information content (AvgIpc) is 3.06. The molecule has 0 bridgehead atoms. The average molecular weight is 356 g/mol. The van der Waals surface area contributed by atoms with E-state index >= 15 is 0 Å². The molecule has 3 aromatic rings. The van der Waals surface area contributed by atoms with Gasteiger partial charge in [0.05, 0.1) is 12.7 Å². The third kappa shape index (κ3) is 4.29. The Morgan fingerprint density at radius 1 is 1.20 bits per heavy atom. The number of hydrogen-bond acceptors (Lipinski definition) is 4. The Balaban J connectivity index is 1.54. The molecule has 3 N–H and O–H groups in total. The minimum Gasteiger partial charge on any atom is -0.494 e. The number of amides is 2. The van der Waals surface area contributed by atoms with E-state index in [2.05, 4.69) is 10.6 Å². The minimum absolute atomic E-state index is 0.142. The van der Waals surface area contributed by atoms with Gasteiger partial charge in [0.15, 0.2) is 0 Å². The molecule has 1 unspecified atom stereocenters. The molecule has 3 rings (SSSR count). The Morgan fingerprint density at radius 2 is 1.96 bits per heavy atom. The van der Waals surface area contributed by atoms with E-state index in [1.807, 2.05) is 36.6 Å². The third-order valence-corrected chi connectivity index (χ3v) is 4.73. The second-order valence-corrected chi connectivity index (χ2v) is 6.41. The van der Waals surface area contributed by atoms with Crippen LogP contribution in [0, 0.1) is 0 Å². The predicted molar refractivity (Wildman–Crippen MR) is 101 cm³/mol. The van der Waals surface area contributed by atoms with Crippen LogP contribution in [0.1, 0.15) is 18.6 Å². The molecule has 0 fully saturated rings. The summed E-state index contributed by atoms with van der Waals surface area (Å²) in [6.45, 7) is 2.66. The number of aliphatic hydroxyl groups excluding tert-OH is 1. The number of fused-ring (bicyclic) bond motifs is 1. The van der Waals surface area contributed by atoms with Gasteiger partial charge in [-0.2, -0.15) is 0 Å². The number of ether oxygens (including phenoxy) is 1. The Hall–Kier alpha value is -2.57. The predicted octanol–water partition coefficient (Wildman–Crippen LogP) is 4.16. The van der Waals surface area contributed by atoms with E-state index in [0.717, 1.165) is 21.4 Å². The molecule has 25 heavy (non-hydrogen) atoms. The largest absolute Gasteiger partial charge is 0.494 e. The summed E-state index contributed by atoms with van der Waals surface area (Å²) in [5, 5.41) is 18.8. The van der Waals surface area contributed by atoms with Gasteiger partial charge in [0, 0.05) is 22.5 Å². The number of rotatable bonds is 6. The van der Waals surface area contributed by atoms with Gasteiger partial charge in [0.1, 0.15) is 5.75 Å². The summed E-state index contributed by atoms with van der Waals surface area (Å²) in [7, 11) is 0. The minimum atomic E-state index is -0.748. The number of urea groups is 1. The van der Waals surface area contributed by atoms with E-state index in [9.17, 15) is 9.90 Å². The monoisotopic (exact) mass is 356 g/mol. The quantitative estimate of drug-likeness (QED) is 0.621. The number of carbonyl (C=O) groups excluding carboxylic acids is 1. The van der Waals surface area contributed by atoms with Gasteiger partial charge < -0.3 is 20.5 Å². The topological polar surface area (TPSA) is 70.6 Å². The number of hydrogen-bond donors (Lipinski definition) is 3. The first kappa shape index (κ1) is 17.3. The lowest BCUT2D eigenvalue weighted by Gasteiger charge is -2.12. The van der Waals surface area contributed by atoms with Crippen LogP contribution in [0.2, 0.25) is 0 Å². The van der Waals surface area contributed by atoms with Crippen molar-refractivity contribution < 1.29 is 14.6 Å². The SMILES string of the molecule is CCOc1ccc(NC(=O)NCC(O)c2csc3ccccc23)cc1. The fourth-order valence-electron chi connectivity index (χ4n) is 2.53. The highest BCUT2D eigenvalue weighted by Gasteiger charge is 2.14. The van der Waals surface area contributed by atoms with E-state index in [1.165, 1.54) is 0 Å². The first-order valence-electron chi connectivity index (χ1n) is 8.09. The van der Waals surface area contributed by atoms with Crippen LogP contribution in [-0.4, -0.2) is 24.3 Å². The molecule has 0 aliphatic rings. The van der Waals surface area contributed by atoms with Crippen molar-refractivity contribution in [2.75, 3.05) is 18.5 Å². The van der Waals surface area contributed by atoms with Crippen molar-refractivity contribution in [2.24, 2.45) is 0 Å². The van der Waals surface area contributed by atoms with Gasteiger partial charge in [-0.25, -0.2) is 4.79 Å². The number of anilines is 1. The van der Waals surface area contributed by atoms with Crippen molar-refractivity contribution in [1.82, 2.24) is 5.32 Å². The second-order valence-electron chi connectivity index (χ2n) is 5.50. The highest BCUT2D eigenvalue weighted by atomic mass is 32.1. The van der Waals surface area contributed by atoms with Gasteiger partial charge in [-0.05, 0) is 48.0 Å². The van der Waals surface area contributed by atoms with Gasteiger partial charge in [-0.15, -0.1) is 11.3 Å². The highest BCUT2D eigenvalue weighted by molar-refractivity contribution is 7.17. The number of nitrogens with one attached hydrogen (secondary N) is 2. The molecule has 0 saturated carbocycles. The normalized spacial score (nSPS) is 11.9. The second kappa shape index (κ2) is 8.00. The standard InChI is InChI=1S/C19H20N2O3S/c1-2-24-14-9-7-13(8-10-14)21-19(23)20-11-17(22)16-12-25-18-6-4-3-5-15(16)18/h3-10,12,17,22H,2,11H2,1H3,(H2,20,21,23). The number of benzene rings is 2. The molecule has 6 heteroatoms. The zero-order valence-electron chi connectivity index (χ0n) is 13.9. The summed E-state index contributed by atoms with van der Waals surface area (Å²) in [6.07, 6.45) is -0.748. The summed E-state index contributed by atoms with van der Waals surface area (Å²) in [4.78, 5) is 12.0. The molecule has 0 saturated heterocycles. The van der Waals surface area contributed by atoms with E-state index in [-0.39, 0.29) is 12.6 Å². The van der Waals surface area contributed by atoms with E-state index in [0.29, 0.717) is 12.3 Å². The van der Waals surface area contributed by atoms with Crippen LogP contribution < -0.4 is 15.4 Å². The maximum Gasteiger partial charge on any atom is 0.319 e. The fraction of sp³-hybridized carbons (Fsp3) is 0.211.